The van der Waals surface area contributed by atoms with E-state index in [1.54, 1.807) is 19.4 Å². The Morgan fingerprint density at radius 2 is 2.16 bits per heavy atom. The third-order valence-electron chi connectivity index (χ3n) is 3.39. The monoisotopic (exact) mass is 384 g/mol. The van der Waals surface area contributed by atoms with Gasteiger partial charge in [-0.25, -0.2) is 13.9 Å². The molecule has 1 rings (SSSR count). The lowest BCUT2D eigenvalue weighted by Gasteiger charge is -2.10. The molecular weight excluding hydrogens is 356 g/mol. The van der Waals surface area contributed by atoms with Crippen molar-refractivity contribution in [3.8, 4) is 0 Å². The first-order valence-electron chi connectivity index (χ1n) is 8.22. The van der Waals surface area contributed by atoms with Gasteiger partial charge in [-0.2, -0.15) is 0 Å². The van der Waals surface area contributed by atoms with E-state index >= 15 is 0 Å². The van der Waals surface area contributed by atoms with Crippen molar-refractivity contribution in [1.29, 1.82) is 0 Å². The number of hydrogen-bond donors (Lipinski definition) is 3. The average molecular weight is 385 g/mol. The molecule has 0 saturated heterocycles. The maximum absolute atomic E-state index is 12.4. The Hall–Kier alpha value is -1.35. The normalized spacial score (nSPS) is 14.4. The van der Waals surface area contributed by atoms with Gasteiger partial charge in [-0.15, -0.1) is 0 Å². The highest BCUT2D eigenvalue weighted by molar-refractivity contribution is 7.87. The first kappa shape index (κ1) is 21.7. The highest BCUT2D eigenvalue weighted by Gasteiger charge is 2.10. The standard InChI is InChI=1S/C17H28N4O2S2/c1-12(2)18-8-6-9-20-25(22)13(3)11-15(14(4)23-5)17-19-10-7-16(24)21-17/h7,10-12,18,20H,6,8-9H2,1-5H3,(H,19,21,24)/b13-11+,15-14-. The molecule has 3 N–H and O–H groups in total. The zero-order valence-electron chi connectivity index (χ0n) is 15.5. The first-order chi connectivity index (χ1) is 11.8. The number of aromatic nitrogens is 2. The summed E-state index contributed by atoms with van der Waals surface area (Å²) in [6.45, 7) is 9.42. The van der Waals surface area contributed by atoms with Crippen molar-refractivity contribution in [2.75, 3.05) is 20.2 Å². The van der Waals surface area contributed by atoms with Gasteiger partial charge in [0.25, 0.3) is 0 Å². The maximum Gasteiger partial charge on any atom is 0.141 e. The van der Waals surface area contributed by atoms with Crippen LogP contribution in [-0.4, -0.2) is 40.4 Å². The number of nitrogens with zero attached hydrogens (tertiary/aromatic N) is 1. The van der Waals surface area contributed by atoms with Crippen LogP contribution in [-0.2, 0) is 15.7 Å². The lowest BCUT2D eigenvalue weighted by molar-refractivity contribution is 0.296. The summed E-state index contributed by atoms with van der Waals surface area (Å²) in [6.07, 6.45) is 4.35. The van der Waals surface area contributed by atoms with Gasteiger partial charge in [0.05, 0.1) is 12.7 Å². The lowest BCUT2D eigenvalue weighted by Crippen LogP contribution is -2.27. The van der Waals surface area contributed by atoms with E-state index in [0.29, 0.717) is 33.7 Å². The molecule has 0 aliphatic carbocycles. The zero-order chi connectivity index (χ0) is 18.8. The molecule has 0 spiro atoms. The minimum atomic E-state index is -1.27. The van der Waals surface area contributed by atoms with Gasteiger partial charge in [0, 0.05) is 23.7 Å². The van der Waals surface area contributed by atoms with Crippen LogP contribution in [0.5, 0.6) is 0 Å². The Kier molecular flexibility index (Phi) is 9.81. The fraction of sp³-hybridized carbons (Fsp3) is 0.529. The highest BCUT2D eigenvalue weighted by atomic mass is 32.2. The van der Waals surface area contributed by atoms with Crippen LogP contribution in [0.25, 0.3) is 5.57 Å². The van der Waals surface area contributed by atoms with Crippen LogP contribution in [0.15, 0.2) is 29.0 Å². The van der Waals surface area contributed by atoms with Crippen molar-refractivity contribution >= 4 is 28.8 Å². The number of methoxy groups -OCH3 is 1. The van der Waals surface area contributed by atoms with Gasteiger partial charge in [-0.05, 0) is 39.0 Å². The van der Waals surface area contributed by atoms with E-state index in [1.807, 2.05) is 19.9 Å². The molecule has 0 saturated carbocycles. The molecule has 0 aromatic carbocycles. The Morgan fingerprint density at radius 3 is 2.76 bits per heavy atom. The summed E-state index contributed by atoms with van der Waals surface area (Å²) in [7, 11) is 0.319. The number of nitrogens with one attached hydrogen (secondary N) is 3. The number of ether oxygens (including phenoxy) is 1. The molecule has 6 nitrogen and oxygen atoms in total. The second-order valence-corrected chi connectivity index (χ2v) is 7.75. The minimum Gasteiger partial charge on any atom is -0.501 e. The predicted octanol–water partition coefficient (Wildman–Crippen LogP) is 3.06. The molecule has 140 valence electrons. The van der Waals surface area contributed by atoms with Gasteiger partial charge in [-0.1, -0.05) is 26.1 Å². The summed E-state index contributed by atoms with van der Waals surface area (Å²) < 4.78 is 21.3. The first-order valence-corrected chi connectivity index (χ1v) is 9.78. The van der Waals surface area contributed by atoms with E-state index in [0.717, 1.165) is 18.5 Å². The molecular formula is C17H28N4O2S2. The Labute approximate surface area is 157 Å². The SMILES string of the molecule is CO/C(C)=C(/C=C(\C)S(=O)NCCCNC(C)C)c1nccc(=S)[nH]1. The number of allylic oxidation sites excluding steroid dienone is 4. The van der Waals surface area contributed by atoms with Crippen LogP contribution in [0, 0.1) is 4.64 Å². The van der Waals surface area contributed by atoms with E-state index in [2.05, 4.69) is 33.9 Å². The third kappa shape index (κ3) is 8.04. The topological polar surface area (TPSA) is 79.0 Å². The average Bonchev–Trinajstić information content (AvgIpc) is 2.57. The Bertz CT molecular complexity index is 696. The van der Waals surface area contributed by atoms with Crippen molar-refractivity contribution in [2.24, 2.45) is 0 Å². The fourth-order valence-electron chi connectivity index (χ4n) is 1.97. The summed E-state index contributed by atoms with van der Waals surface area (Å²) in [5, 5.41) is 3.33. The molecule has 1 unspecified atom stereocenters. The number of hydrogen-bond acceptors (Lipinski definition) is 5. The largest absolute Gasteiger partial charge is 0.501 e. The molecule has 1 atom stereocenters. The predicted molar refractivity (Wildman–Crippen MR) is 107 cm³/mol. The molecule has 8 heteroatoms. The number of H-pyrrole nitrogens is 1. The number of aromatic amines is 1. The molecule has 25 heavy (non-hydrogen) atoms. The quantitative estimate of drug-likeness (QED) is 0.250. The molecule has 1 aromatic heterocycles. The minimum absolute atomic E-state index is 0.459. The van der Waals surface area contributed by atoms with Crippen molar-refractivity contribution in [2.45, 2.75) is 40.2 Å². The third-order valence-corrected chi connectivity index (χ3v) is 4.80. The molecule has 0 amide bonds. The van der Waals surface area contributed by atoms with Gasteiger partial charge in [0.1, 0.15) is 27.2 Å². The number of rotatable bonds is 10. The maximum atomic E-state index is 12.4. The van der Waals surface area contributed by atoms with Crippen LogP contribution in [0.1, 0.15) is 39.9 Å². The Balaban J connectivity index is 2.81. The molecule has 0 radical (unpaired) electrons. The van der Waals surface area contributed by atoms with Gasteiger partial charge in [0.15, 0.2) is 0 Å². The van der Waals surface area contributed by atoms with Crippen LogP contribution in [0.3, 0.4) is 0 Å². The molecule has 1 heterocycles. The molecule has 0 aliphatic rings. The molecule has 0 fully saturated rings. The summed E-state index contributed by atoms with van der Waals surface area (Å²) in [4.78, 5) is 8.01. The van der Waals surface area contributed by atoms with Gasteiger partial charge < -0.3 is 15.0 Å². The van der Waals surface area contributed by atoms with Crippen molar-refractivity contribution in [3.63, 3.8) is 0 Å². The summed E-state index contributed by atoms with van der Waals surface area (Å²) in [5.74, 6) is 1.26. The summed E-state index contributed by atoms with van der Waals surface area (Å²) in [5.41, 5.74) is 0.725. The van der Waals surface area contributed by atoms with E-state index in [-0.39, 0.29) is 0 Å². The van der Waals surface area contributed by atoms with Gasteiger partial charge >= 0.3 is 0 Å². The van der Waals surface area contributed by atoms with E-state index in [1.165, 1.54) is 0 Å². The van der Waals surface area contributed by atoms with E-state index in [4.69, 9.17) is 17.0 Å². The molecule has 0 bridgehead atoms. The van der Waals surface area contributed by atoms with Crippen molar-refractivity contribution in [3.05, 3.63) is 39.5 Å². The van der Waals surface area contributed by atoms with E-state index < -0.39 is 11.0 Å². The van der Waals surface area contributed by atoms with Crippen molar-refractivity contribution < 1.29 is 8.95 Å². The lowest BCUT2D eigenvalue weighted by atomic mass is 10.2. The molecule has 0 aliphatic heterocycles. The smallest absolute Gasteiger partial charge is 0.141 e. The summed E-state index contributed by atoms with van der Waals surface area (Å²) in [6, 6.07) is 2.17. The van der Waals surface area contributed by atoms with Crippen LogP contribution in [0.4, 0.5) is 0 Å². The second kappa shape index (κ2) is 11.3. The highest BCUT2D eigenvalue weighted by Crippen LogP contribution is 2.19. The fourth-order valence-corrected chi connectivity index (χ4v) is 2.91. The summed E-state index contributed by atoms with van der Waals surface area (Å²) >= 11 is 5.15. The van der Waals surface area contributed by atoms with E-state index in [9.17, 15) is 4.21 Å². The second-order valence-electron chi connectivity index (χ2n) is 5.84. The van der Waals surface area contributed by atoms with Crippen LogP contribution >= 0.6 is 12.2 Å². The van der Waals surface area contributed by atoms with Gasteiger partial charge in [-0.3, -0.25) is 0 Å². The zero-order valence-corrected chi connectivity index (χ0v) is 17.1. The Morgan fingerprint density at radius 1 is 1.44 bits per heavy atom. The van der Waals surface area contributed by atoms with Gasteiger partial charge in [0.2, 0.25) is 0 Å². The van der Waals surface area contributed by atoms with Crippen LogP contribution in [0.2, 0.25) is 0 Å². The van der Waals surface area contributed by atoms with Crippen molar-refractivity contribution in [1.82, 2.24) is 20.0 Å². The molecule has 1 aromatic rings. The van der Waals surface area contributed by atoms with Crippen LogP contribution < -0.4 is 10.0 Å².